The van der Waals surface area contributed by atoms with Crippen LogP contribution in [-0.4, -0.2) is 9.97 Å². The normalized spacial score (nSPS) is 14.7. The maximum absolute atomic E-state index is 5.34. The Kier molecular flexibility index (Phi) is 7.20. The van der Waals surface area contributed by atoms with Gasteiger partial charge in [0.1, 0.15) is 0 Å². The van der Waals surface area contributed by atoms with Crippen LogP contribution in [0.2, 0.25) is 0 Å². The minimum atomic E-state index is -0.299. The third-order valence-electron chi connectivity index (χ3n) is 11.6. The first kappa shape index (κ1) is 31.8. The molecule has 11 rings (SSSR count). The first-order valence-corrected chi connectivity index (χ1v) is 19.6. The van der Waals surface area contributed by atoms with E-state index in [-0.39, 0.29) is 5.41 Å². The van der Waals surface area contributed by atoms with Gasteiger partial charge in [0.25, 0.3) is 0 Å². The highest BCUT2D eigenvalue weighted by Crippen LogP contribution is 2.55. The molecular formula is C52H34N2S. The van der Waals surface area contributed by atoms with Crippen molar-refractivity contribution in [2.75, 3.05) is 0 Å². The molecule has 10 aromatic rings. The highest BCUT2D eigenvalue weighted by molar-refractivity contribution is 7.26. The van der Waals surface area contributed by atoms with Crippen LogP contribution in [-0.2, 0) is 5.41 Å². The molecule has 8 aromatic carbocycles. The van der Waals surface area contributed by atoms with E-state index < -0.39 is 0 Å². The van der Waals surface area contributed by atoms with Crippen molar-refractivity contribution in [1.29, 1.82) is 0 Å². The van der Waals surface area contributed by atoms with E-state index in [1.54, 1.807) is 0 Å². The molecule has 1 atom stereocenters. The summed E-state index contributed by atoms with van der Waals surface area (Å²) in [6.07, 6.45) is 0. The highest BCUT2D eigenvalue weighted by atomic mass is 32.1. The van der Waals surface area contributed by atoms with Crippen LogP contribution in [0.15, 0.2) is 188 Å². The van der Waals surface area contributed by atoms with Crippen molar-refractivity contribution in [3.05, 3.63) is 205 Å². The summed E-state index contributed by atoms with van der Waals surface area (Å²) in [7, 11) is 0. The number of thiophene rings is 1. The standard InChI is InChI=1S/C52H34N2S/c1-52(37-21-6-3-7-22-37)43-27-12-10-24-39(43)48-40(26-15-28-44(48)52)46-32-45(53-51(54-46)33-16-4-2-5-17-33)36-20-14-19-34(30-36)42-31-35-18-8-9-23-38(35)50-49(42)41-25-11-13-29-47(41)55-50/h2-32H,1H3. The van der Waals surface area contributed by atoms with E-state index in [0.29, 0.717) is 5.82 Å². The average molecular weight is 719 g/mol. The summed E-state index contributed by atoms with van der Waals surface area (Å²) >= 11 is 1.88. The van der Waals surface area contributed by atoms with Crippen LogP contribution in [0, 0.1) is 0 Å². The Bertz CT molecular complexity index is 3110. The highest BCUT2D eigenvalue weighted by Gasteiger charge is 2.41. The second-order valence-corrected chi connectivity index (χ2v) is 15.7. The fraction of sp³-hybridized carbons (Fsp3) is 0.0385. The number of hydrogen-bond acceptors (Lipinski definition) is 3. The summed E-state index contributed by atoms with van der Waals surface area (Å²) in [5, 5.41) is 5.15. The molecule has 0 saturated heterocycles. The number of rotatable bonds is 5. The molecule has 0 saturated carbocycles. The van der Waals surface area contributed by atoms with E-state index >= 15 is 0 Å². The molecular weight excluding hydrogens is 685 g/mol. The summed E-state index contributed by atoms with van der Waals surface area (Å²) < 4.78 is 2.63. The molecule has 2 aromatic heterocycles. The van der Waals surface area contributed by atoms with Gasteiger partial charge >= 0.3 is 0 Å². The second-order valence-electron chi connectivity index (χ2n) is 14.6. The number of fused-ring (bicyclic) bond motifs is 8. The first-order chi connectivity index (χ1) is 27.1. The first-order valence-electron chi connectivity index (χ1n) is 18.8. The maximum atomic E-state index is 5.34. The van der Waals surface area contributed by atoms with Crippen molar-refractivity contribution < 1.29 is 0 Å². The topological polar surface area (TPSA) is 25.8 Å². The van der Waals surface area contributed by atoms with Gasteiger partial charge in [-0.2, -0.15) is 0 Å². The van der Waals surface area contributed by atoms with Gasteiger partial charge in [0.2, 0.25) is 0 Å². The molecule has 3 heteroatoms. The van der Waals surface area contributed by atoms with Gasteiger partial charge < -0.3 is 0 Å². The zero-order chi connectivity index (χ0) is 36.5. The fourth-order valence-corrected chi connectivity index (χ4v) is 10.2. The fourth-order valence-electron chi connectivity index (χ4n) is 8.92. The zero-order valence-electron chi connectivity index (χ0n) is 30.2. The van der Waals surface area contributed by atoms with E-state index in [1.165, 1.54) is 69.9 Å². The summed E-state index contributed by atoms with van der Waals surface area (Å²) in [4.78, 5) is 10.6. The maximum Gasteiger partial charge on any atom is 0.160 e. The molecule has 0 bridgehead atoms. The lowest BCUT2D eigenvalue weighted by Gasteiger charge is -2.28. The van der Waals surface area contributed by atoms with Crippen molar-refractivity contribution in [1.82, 2.24) is 9.97 Å². The lowest BCUT2D eigenvalue weighted by atomic mass is 9.74. The Balaban J connectivity index is 1.13. The minimum Gasteiger partial charge on any atom is -0.228 e. The molecule has 2 nitrogen and oxygen atoms in total. The molecule has 0 aliphatic heterocycles. The van der Waals surface area contributed by atoms with Gasteiger partial charge in [-0.1, -0.05) is 164 Å². The smallest absolute Gasteiger partial charge is 0.160 e. The van der Waals surface area contributed by atoms with Crippen LogP contribution >= 0.6 is 11.3 Å². The monoisotopic (exact) mass is 718 g/mol. The van der Waals surface area contributed by atoms with Gasteiger partial charge in [0.15, 0.2) is 5.82 Å². The Labute approximate surface area is 324 Å². The molecule has 55 heavy (non-hydrogen) atoms. The van der Waals surface area contributed by atoms with Crippen LogP contribution in [0.25, 0.3) is 87.1 Å². The van der Waals surface area contributed by atoms with Gasteiger partial charge in [0.05, 0.1) is 11.4 Å². The van der Waals surface area contributed by atoms with E-state index in [2.05, 4.69) is 189 Å². The lowest BCUT2D eigenvalue weighted by molar-refractivity contribution is 0.714. The molecule has 0 radical (unpaired) electrons. The van der Waals surface area contributed by atoms with E-state index in [0.717, 1.165) is 28.1 Å². The van der Waals surface area contributed by atoms with Crippen molar-refractivity contribution in [3.8, 4) is 56.2 Å². The summed E-state index contributed by atoms with van der Waals surface area (Å²) in [5.74, 6) is 0.713. The molecule has 1 unspecified atom stereocenters. The molecule has 1 aliphatic carbocycles. The van der Waals surface area contributed by atoms with Crippen molar-refractivity contribution in [2.24, 2.45) is 0 Å². The molecule has 0 N–H and O–H groups in total. The van der Waals surface area contributed by atoms with E-state index in [9.17, 15) is 0 Å². The van der Waals surface area contributed by atoms with Crippen LogP contribution < -0.4 is 0 Å². The molecule has 1 aliphatic rings. The summed E-state index contributed by atoms with van der Waals surface area (Å²) in [5.41, 5.74) is 13.5. The third-order valence-corrected chi connectivity index (χ3v) is 12.8. The number of aromatic nitrogens is 2. The summed E-state index contributed by atoms with van der Waals surface area (Å²) in [6, 6.07) is 67.9. The number of benzene rings is 8. The van der Waals surface area contributed by atoms with Gasteiger partial charge in [-0.15, -0.1) is 11.3 Å². The Morgan fingerprint density at radius 3 is 1.96 bits per heavy atom. The van der Waals surface area contributed by atoms with Crippen molar-refractivity contribution in [2.45, 2.75) is 12.3 Å². The van der Waals surface area contributed by atoms with Gasteiger partial charge in [-0.3, -0.25) is 0 Å². The molecule has 0 amide bonds. The average Bonchev–Trinajstić information content (AvgIpc) is 3.78. The molecule has 2 heterocycles. The number of hydrogen-bond donors (Lipinski definition) is 0. The van der Waals surface area contributed by atoms with Crippen molar-refractivity contribution >= 4 is 42.3 Å². The quantitative estimate of drug-likeness (QED) is 0.177. The molecule has 0 spiro atoms. The van der Waals surface area contributed by atoms with Crippen LogP contribution in [0.1, 0.15) is 23.6 Å². The van der Waals surface area contributed by atoms with E-state index in [4.69, 9.17) is 9.97 Å². The van der Waals surface area contributed by atoms with E-state index in [1.807, 2.05) is 17.4 Å². The minimum absolute atomic E-state index is 0.299. The Morgan fingerprint density at radius 1 is 0.455 bits per heavy atom. The van der Waals surface area contributed by atoms with Crippen LogP contribution in [0.3, 0.4) is 0 Å². The molecule has 0 fully saturated rings. The largest absolute Gasteiger partial charge is 0.228 e. The summed E-state index contributed by atoms with van der Waals surface area (Å²) in [6.45, 7) is 2.36. The van der Waals surface area contributed by atoms with Crippen molar-refractivity contribution in [3.63, 3.8) is 0 Å². The van der Waals surface area contributed by atoms with Gasteiger partial charge in [-0.05, 0) is 80.9 Å². The molecule has 258 valence electrons. The predicted octanol–water partition coefficient (Wildman–Crippen LogP) is 14.0. The van der Waals surface area contributed by atoms with Gasteiger partial charge in [0, 0.05) is 42.3 Å². The van der Waals surface area contributed by atoms with Gasteiger partial charge in [-0.25, -0.2) is 9.97 Å². The SMILES string of the molecule is CC1(c2ccccc2)c2ccccc2-c2c(-c3cc(-c4cccc(-c5cc6ccccc6c6sc7ccccc7c56)c4)nc(-c4ccccc4)n3)cccc21. The lowest BCUT2D eigenvalue weighted by Crippen LogP contribution is -2.22. The third kappa shape index (κ3) is 4.94. The van der Waals surface area contributed by atoms with Crippen LogP contribution in [0.5, 0.6) is 0 Å². The Hall–Kier alpha value is -6.68. The number of nitrogens with zero attached hydrogens (tertiary/aromatic N) is 2. The predicted molar refractivity (Wildman–Crippen MR) is 232 cm³/mol. The Morgan fingerprint density at radius 2 is 1.09 bits per heavy atom. The second kappa shape index (κ2) is 12.4. The zero-order valence-corrected chi connectivity index (χ0v) is 31.0. The van der Waals surface area contributed by atoms with Crippen LogP contribution in [0.4, 0.5) is 0 Å².